The highest BCUT2D eigenvalue weighted by Crippen LogP contribution is 2.24. The summed E-state index contributed by atoms with van der Waals surface area (Å²) in [6.45, 7) is 1.21. The highest BCUT2D eigenvalue weighted by Gasteiger charge is 2.10. The zero-order chi connectivity index (χ0) is 19.4. The van der Waals surface area contributed by atoms with E-state index in [0.29, 0.717) is 23.0 Å². The van der Waals surface area contributed by atoms with Crippen molar-refractivity contribution < 1.29 is 9.47 Å². The van der Waals surface area contributed by atoms with Crippen LogP contribution in [-0.2, 0) is 13.2 Å². The average Bonchev–Trinajstić information content (AvgIpc) is 3.02. The van der Waals surface area contributed by atoms with E-state index in [1.165, 1.54) is 0 Å². The van der Waals surface area contributed by atoms with E-state index in [0.717, 1.165) is 28.5 Å². The minimum atomic E-state index is 0.491. The number of halogens is 1. The number of H-pyrrole nitrogens is 1. The molecule has 8 heteroatoms. The monoisotopic (exact) mass is 404 g/mol. The van der Waals surface area contributed by atoms with E-state index in [1.807, 2.05) is 54.2 Å². The minimum Gasteiger partial charge on any atom is -0.497 e. The molecule has 0 bridgehead atoms. The third-order valence-electron chi connectivity index (χ3n) is 4.11. The fourth-order valence-corrected chi connectivity index (χ4v) is 3.17. The quantitative estimate of drug-likeness (QED) is 0.592. The Labute approximate surface area is 168 Å². The molecule has 0 aliphatic heterocycles. The molecule has 0 saturated carbocycles. The summed E-state index contributed by atoms with van der Waals surface area (Å²) in [5, 5.41) is 3.93. The van der Waals surface area contributed by atoms with Crippen molar-refractivity contribution in [3.05, 3.63) is 57.8 Å². The molecule has 0 unspecified atom stereocenters. The maximum absolute atomic E-state index is 6.11. The highest BCUT2D eigenvalue weighted by atomic mass is 35.5. The minimum absolute atomic E-state index is 0.491. The van der Waals surface area contributed by atoms with Crippen molar-refractivity contribution in [3.63, 3.8) is 0 Å². The summed E-state index contributed by atoms with van der Waals surface area (Å²) in [5.41, 5.74) is 1.95. The number of aromatic amines is 1. The number of methoxy groups -OCH3 is 2. The molecule has 0 amide bonds. The predicted molar refractivity (Wildman–Crippen MR) is 109 cm³/mol. The van der Waals surface area contributed by atoms with Crippen molar-refractivity contribution in [1.82, 2.24) is 19.7 Å². The Bertz CT molecular complexity index is 969. The second-order valence-electron chi connectivity index (χ2n) is 6.12. The van der Waals surface area contributed by atoms with E-state index >= 15 is 0 Å². The molecule has 6 nitrogen and oxygen atoms in total. The lowest BCUT2D eigenvalue weighted by atomic mass is 10.2. The number of rotatable bonds is 7. The van der Waals surface area contributed by atoms with Gasteiger partial charge in [0, 0.05) is 22.7 Å². The van der Waals surface area contributed by atoms with Crippen LogP contribution in [0.15, 0.2) is 42.5 Å². The van der Waals surface area contributed by atoms with Gasteiger partial charge in [0.25, 0.3) is 0 Å². The third kappa shape index (κ3) is 4.68. The number of hydrogen-bond acceptors (Lipinski definition) is 5. The Morgan fingerprint density at radius 1 is 1.15 bits per heavy atom. The van der Waals surface area contributed by atoms with Crippen LogP contribution < -0.4 is 9.47 Å². The van der Waals surface area contributed by atoms with Crippen LogP contribution in [0.3, 0.4) is 0 Å². The maximum atomic E-state index is 6.11. The number of benzene rings is 2. The lowest BCUT2D eigenvalue weighted by Gasteiger charge is -2.18. The van der Waals surface area contributed by atoms with Crippen LogP contribution in [0.5, 0.6) is 11.5 Å². The van der Waals surface area contributed by atoms with Gasteiger partial charge in [-0.2, -0.15) is 4.98 Å². The largest absolute Gasteiger partial charge is 0.497 e. The van der Waals surface area contributed by atoms with Crippen molar-refractivity contribution in [2.24, 2.45) is 0 Å². The molecule has 0 atom stereocenters. The lowest BCUT2D eigenvalue weighted by molar-refractivity contribution is 0.241. The molecule has 27 heavy (non-hydrogen) atoms. The first-order valence-corrected chi connectivity index (χ1v) is 9.11. The van der Waals surface area contributed by atoms with Gasteiger partial charge in [-0.3, -0.25) is 10.00 Å². The lowest BCUT2D eigenvalue weighted by Crippen LogP contribution is -2.22. The molecule has 1 aromatic heterocycles. The highest BCUT2D eigenvalue weighted by molar-refractivity contribution is 7.71. The number of nitrogens with zero attached hydrogens (tertiary/aromatic N) is 3. The van der Waals surface area contributed by atoms with E-state index in [4.69, 9.17) is 33.3 Å². The van der Waals surface area contributed by atoms with Crippen LogP contribution in [0.2, 0.25) is 5.02 Å². The topological polar surface area (TPSA) is 55.3 Å². The van der Waals surface area contributed by atoms with Crippen LogP contribution in [0.1, 0.15) is 5.56 Å². The Morgan fingerprint density at radius 2 is 1.89 bits per heavy atom. The third-order valence-corrected chi connectivity index (χ3v) is 4.65. The molecular formula is C19H21ClN4O2S. The molecule has 0 aliphatic carbocycles. The van der Waals surface area contributed by atoms with Gasteiger partial charge in [0.1, 0.15) is 11.5 Å². The van der Waals surface area contributed by atoms with Gasteiger partial charge >= 0.3 is 0 Å². The Kier molecular flexibility index (Phi) is 6.15. The van der Waals surface area contributed by atoms with E-state index in [1.54, 1.807) is 14.2 Å². The average molecular weight is 405 g/mol. The van der Waals surface area contributed by atoms with Crippen molar-refractivity contribution in [2.45, 2.75) is 13.2 Å². The normalized spacial score (nSPS) is 11.0. The van der Waals surface area contributed by atoms with Gasteiger partial charge in [0.05, 0.1) is 20.9 Å². The Hall–Kier alpha value is -2.35. The predicted octanol–water partition coefficient (Wildman–Crippen LogP) is 4.37. The molecule has 0 saturated heterocycles. The number of nitrogens with one attached hydrogen (secondary N) is 1. The SMILES string of the molecule is COc1ccc(-c2nc(=S)n(CN(C)Cc3cc(Cl)ccc3OC)[nH]2)cc1. The molecular weight excluding hydrogens is 384 g/mol. The van der Waals surface area contributed by atoms with Gasteiger partial charge in [-0.05, 0) is 61.7 Å². The summed E-state index contributed by atoms with van der Waals surface area (Å²) in [7, 11) is 5.29. The van der Waals surface area contributed by atoms with Crippen molar-refractivity contribution >= 4 is 23.8 Å². The van der Waals surface area contributed by atoms with Gasteiger partial charge < -0.3 is 9.47 Å². The second-order valence-corrected chi connectivity index (χ2v) is 6.92. The molecule has 0 fully saturated rings. The molecule has 3 rings (SSSR count). The molecule has 1 N–H and O–H groups in total. The first-order chi connectivity index (χ1) is 13.0. The molecule has 0 spiro atoms. The number of ether oxygens (including phenoxy) is 2. The van der Waals surface area contributed by atoms with Gasteiger partial charge in [-0.1, -0.05) is 11.6 Å². The van der Waals surface area contributed by atoms with Crippen LogP contribution >= 0.6 is 23.8 Å². The van der Waals surface area contributed by atoms with Crippen molar-refractivity contribution in [3.8, 4) is 22.9 Å². The summed E-state index contributed by atoms with van der Waals surface area (Å²) in [6.07, 6.45) is 0. The van der Waals surface area contributed by atoms with E-state index in [-0.39, 0.29) is 0 Å². The van der Waals surface area contributed by atoms with Crippen LogP contribution in [0.4, 0.5) is 0 Å². The molecule has 142 valence electrons. The maximum Gasteiger partial charge on any atom is 0.217 e. The van der Waals surface area contributed by atoms with Gasteiger partial charge in [-0.15, -0.1) is 0 Å². The first-order valence-electron chi connectivity index (χ1n) is 8.32. The van der Waals surface area contributed by atoms with Crippen molar-refractivity contribution in [1.29, 1.82) is 0 Å². The summed E-state index contributed by atoms with van der Waals surface area (Å²) in [4.78, 5) is 6.55. The van der Waals surface area contributed by atoms with Gasteiger partial charge in [0.15, 0.2) is 5.82 Å². The molecule has 1 heterocycles. The standard InChI is InChI=1S/C19H21ClN4O2S/c1-23(11-14-10-15(20)6-9-17(14)26-3)12-24-19(27)21-18(22-24)13-4-7-16(25-2)8-5-13/h4-10H,11-12H2,1-3H3,(H,21,22,27). The summed E-state index contributed by atoms with van der Waals surface area (Å²) in [5.74, 6) is 2.32. The van der Waals surface area contributed by atoms with Crippen LogP contribution in [0, 0.1) is 4.77 Å². The summed E-state index contributed by atoms with van der Waals surface area (Å²) in [6, 6.07) is 13.3. The fraction of sp³-hybridized carbons (Fsp3) is 0.263. The Morgan fingerprint density at radius 3 is 2.56 bits per heavy atom. The first kappa shape index (κ1) is 19.4. The Balaban J connectivity index is 1.75. The van der Waals surface area contributed by atoms with E-state index in [9.17, 15) is 0 Å². The summed E-state index contributed by atoms with van der Waals surface area (Å²) < 4.78 is 12.9. The molecule has 0 radical (unpaired) electrons. The number of hydrogen-bond donors (Lipinski definition) is 1. The zero-order valence-electron chi connectivity index (χ0n) is 15.4. The second kappa shape index (κ2) is 8.56. The summed E-state index contributed by atoms with van der Waals surface area (Å²) >= 11 is 11.5. The van der Waals surface area contributed by atoms with Crippen molar-refractivity contribution in [2.75, 3.05) is 21.3 Å². The van der Waals surface area contributed by atoms with E-state index < -0.39 is 0 Å². The zero-order valence-corrected chi connectivity index (χ0v) is 17.0. The van der Waals surface area contributed by atoms with Crippen LogP contribution in [0.25, 0.3) is 11.4 Å². The van der Waals surface area contributed by atoms with Gasteiger partial charge in [0.2, 0.25) is 4.77 Å². The fourth-order valence-electron chi connectivity index (χ4n) is 2.78. The number of aromatic nitrogens is 3. The molecule has 2 aromatic carbocycles. The molecule has 3 aromatic rings. The van der Waals surface area contributed by atoms with Gasteiger partial charge in [-0.25, -0.2) is 4.68 Å². The van der Waals surface area contributed by atoms with Crippen LogP contribution in [-0.4, -0.2) is 40.9 Å². The van der Waals surface area contributed by atoms with E-state index in [2.05, 4.69) is 15.0 Å². The molecule has 0 aliphatic rings. The smallest absolute Gasteiger partial charge is 0.217 e.